The summed E-state index contributed by atoms with van der Waals surface area (Å²) in [5.74, 6) is 1.04. The predicted molar refractivity (Wildman–Crippen MR) is 97.9 cm³/mol. The molecule has 0 unspecified atom stereocenters. The molecule has 128 valence electrons. The molecule has 1 N–H and O–H groups in total. The lowest BCUT2D eigenvalue weighted by Crippen LogP contribution is -2.14. The van der Waals surface area contributed by atoms with Crippen LogP contribution >= 0.6 is 27.5 Å². The number of hydrogen-bond donors (Lipinski definition) is 1. The van der Waals surface area contributed by atoms with Gasteiger partial charge in [-0.1, -0.05) is 27.5 Å². The summed E-state index contributed by atoms with van der Waals surface area (Å²) in [7, 11) is 4.52. The fourth-order valence-corrected chi connectivity index (χ4v) is 3.12. The minimum atomic E-state index is -0.334. The number of methoxy groups -OCH3 is 3. The summed E-state index contributed by atoms with van der Waals surface area (Å²) in [5.41, 5.74) is 1.70. The Hall–Kier alpha value is -1.92. The second-order valence-corrected chi connectivity index (χ2v) is 6.27. The van der Waals surface area contributed by atoms with Crippen LogP contribution in [0, 0.1) is 6.92 Å². The Morgan fingerprint density at radius 3 is 2.29 bits per heavy atom. The fraction of sp³-hybridized carbons (Fsp3) is 0.235. The Labute approximate surface area is 154 Å². The minimum absolute atomic E-state index is 0.334. The van der Waals surface area contributed by atoms with Gasteiger partial charge in [-0.3, -0.25) is 4.79 Å². The van der Waals surface area contributed by atoms with Crippen molar-refractivity contribution in [3.63, 3.8) is 0 Å². The molecule has 0 fully saturated rings. The maximum Gasteiger partial charge on any atom is 0.259 e. The summed E-state index contributed by atoms with van der Waals surface area (Å²) in [6, 6.07) is 6.76. The molecule has 5 nitrogen and oxygen atoms in total. The summed E-state index contributed by atoms with van der Waals surface area (Å²) < 4.78 is 16.6. The maximum absolute atomic E-state index is 12.7. The summed E-state index contributed by atoms with van der Waals surface area (Å²) >= 11 is 9.47. The highest BCUT2D eigenvalue weighted by Gasteiger charge is 2.18. The predicted octanol–water partition coefficient (Wildman–Crippen LogP) is 4.69. The summed E-state index contributed by atoms with van der Waals surface area (Å²) in [4.78, 5) is 12.7. The number of nitrogens with one attached hydrogen (secondary N) is 1. The summed E-state index contributed by atoms with van der Waals surface area (Å²) in [6.45, 7) is 1.87. The highest BCUT2D eigenvalue weighted by atomic mass is 79.9. The van der Waals surface area contributed by atoms with E-state index in [0.717, 1.165) is 10.0 Å². The van der Waals surface area contributed by atoms with Crippen molar-refractivity contribution < 1.29 is 19.0 Å². The summed E-state index contributed by atoms with van der Waals surface area (Å²) in [6.07, 6.45) is 0. The van der Waals surface area contributed by atoms with E-state index < -0.39 is 0 Å². The molecule has 0 saturated heterocycles. The van der Waals surface area contributed by atoms with Gasteiger partial charge in [0, 0.05) is 16.6 Å². The molecule has 0 radical (unpaired) electrons. The van der Waals surface area contributed by atoms with Crippen molar-refractivity contribution in [2.45, 2.75) is 6.92 Å². The van der Waals surface area contributed by atoms with Gasteiger partial charge in [0.15, 0.2) is 0 Å². The first-order valence-corrected chi connectivity index (χ1v) is 8.15. The van der Waals surface area contributed by atoms with E-state index in [2.05, 4.69) is 21.2 Å². The van der Waals surface area contributed by atoms with Gasteiger partial charge in [-0.05, 0) is 24.6 Å². The van der Waals surface area contributed by atoms with E-state index in [1.54, 1.807) is 18.2 Å². The summed E-state index contributed by atoms with van der Waals surface area (Å²) in [5, 5.41) is 3.20. The topological polar surface area (TPSA) is 56.8 Å². The average Bonchev–Trinajstić information content (AvgIpc) is 2.55. The molecule has 0 aliphatic heterocycles. The molecule has 0 bridgehead atoms. The first kappa shape index (κ1) is 18.4. The van der Waals surface area contributed by atoms with Crippen molar-refractivity contribution in [3.05, 3.63) is 44.9 Å². The number of amides is 1. The van der Waals surface area contributed by atoms with Crippen LogP contribution in [-0.4, -0.2) is 27.2 Å². The molecule has 0 heterocycles. The number of halogens is 2. The first-order valence-electron chi connectivity index (χ1n) is 6.98. The van der Waals surface area contributed by atoms with Crippen molar-refractivity contribution in [3.8, 4) is 17.2 Å². The van der Waals surface area contributed by atoms with E-state index in [1.807, 2.05) is 13.0 Å². The van der Waals surface area contributed by atoms with Crippen molar-refractivity contribution in [1.29, 1.82) is 0 Å². The lowest BCUT2D eigenvalue weighted by molar-refractivity contribution is 0.102. The minimum Gasteiger partial charge on any atom is -0.496 e. The van der Waals surface area contributed by atoms with Gasteiger partial charge in [-0.2, -0.15) is 0 Å². The smallest absolute Gasteiger partial charge is 0.259 e. The van der Waals surface area contributed by atoms with Crippen LogP contribution in [0.15, 0.2) is 28.7 Å². The second-order valence-electron chi connectivity index (χ2n) is 4.94. The molecule has 2 aromatic rings. The molecular weight excluding hydrogens is 398 g/mol. The lowest BCUT2D eigenvalue weighted by atomic mass is 10.1. The molecule has 24 heavy (non-hydrogen) atoms. The number of rotatable bonds is 5. The van der Waals surface area contributed by atoms with Crippen molar-refractivity contribution in [2.75, 3.05) is 26.6 Å². The molecule has 0 aromatic heterocycles. The molecule has 0 spiro atoms. The molecule has 0 atom stereocenters. The van der Waals surface area contributed by atoms with E-state index in [0.29, 0.717) is 33.5 Å². The van der Waals surface area contributed by atoms with Crippen LogP contribution in [0.3, 0.4) is 0 Å². The van der Waals surface area contributed by atoms with E-state index in [4.69, 9.17) is 25.8 Å². The molecule has 0 aliphatic carbocycles. The third-order valence-corrected chi connectivity index (χ3v) is 4.16. The molecule has 1 amide bonds. The molecule has 2 aromatic carbocycles. The average molecular weight is 415 g/mol. The van der Waals surface area contributed by atoms with Gasteiger partial charge in [0.25, 0.3) is 5.91 Å². The Morgan fingerprint density at radius 2 is 1.71 bits per heavy atom. The third kappa shape index (κ3) is 3.76. The largest absolute Gasteiger partial charge is 0.496 e. The zero-order valence-corrected chi connectivity index (χ0v) is 16.0. The maximum atomic E-state index is 12.7. The third-order valence-electron chi connectivity index (χ3n) is 3.41. The molecule has 0 aliphatic rings. The normalized spacial score (nSPS) is 10.2. The number of benzene rings is 2. The number of carbonyl (C=O) groups is 1. The molecule has 2 rings (SSSR count). The number of anilines is 1. The van der Waals surface area contributed by atoms with Crippen LogP contribution in [0.2, 0.25) is 5.02 Å². The van der Waals surface area contributed by atoms with Gasteiger partial charge >= 0.3 is 0 Å². The highest BCUT2D eigenvalue weighted by Crippen LogP contribution is 2.37. The Bertz CT molecular complexity index is 780. The highest BCUT2D eigenvalue weighted by molar-refractivity contribution is 9.10. The Morgan fingerprint density at radius 1 is 1.04 bits per heavy atom. The van der Waals surface area contributed by atoms with Gasteiger partial charge in [0.05, 0.1) is 37.6 Å². The van der Waals surface area contributed by atoms with Crippen LogP contribution in [0.25, 0.3) is 0 Å². The van der Waals surface area contributed by atoms with Crippen LogP contribution in [0.5, 0.6) is 17.2 Å². The van der Waals surface area contributed by atoms with Gasteiger partial charge in [0.1, 0.15) is 17.2 Å². The van der Waals surface area contributed by atoms with E-state index in [-0.39, 0.29) is 5.91 Å². The standard InChI is InChI=1S/C17H17BrClNO4/c1-9-5-10(18)6-11(16(9)24-4)17(21)20-13-8-14(22-2)12(19)7-15(13)23-3/h5-8H,1-4H3,(H,20,21). The zero-order valence-electron chi connectivity index (χ0n) is 13.7. The Balaban J connectivity index is 2.44. The quantitative estimate of drug-likeness (QED) is 0.771. The second kappa shape index (κ2) is 7.77. The molecule has 7 heteroatoms. The molecule has 0 saturated carbocycles. The van der Waals surface area contributed by atoms with Crippen LogP contribution in [-0.2, 0) is 0 Å². The number of hydrogen-bond acceptors (Lipinski definition) is 4. The monoisotopic (exact) mass is 413 g/mol. The van der Waals surface area contributed by atoms with E-state index in [9.17, 15) is 4.79 Å². The zero-order chi connectivity index (χ0) is 17.9. The van der Waals surface area contributed by atoms with Crippen molar-refractivity contribution in [1.82, 2.24) is 0 Å². The van der Waals surface area contributed by atoms with Gasteiger partial charge in [-0.15, -0.1) is 0 Å². The number of carbonyl (C=O) groups excluding carboxylic acids is 1. The first-order chi connectivity index (χ1) is 11.4. The number of ether oxygens (including phenoxy) is 3. The van der Waals surface area contributed by atoms with Crippen LogP contribution in [0.4, 0.5) is 5.69 Å². The van der Waals surface area contributed by atoms with Gasteiger partial charge in [-0.25, -0.2) is 0 Å². The van der Waals surface area contributed by atoms with Gasteiger partial charge < -0.3 is 19.5 Å². The Kier molecular flexibility index (Phi) is 5.96. The van der Waals surface area contributed by atoms with Crippen molar-refractivity contribution >= 4 is 39.1 Å². The van der Waals surface area contributed by atoms with Crippen LogP contribution in [0.1, 0.15) is 15.9 Å². The molecular formula is C17H17BrClNO4. The lowest BCUT2D eigenvalue weighted by Gasteiger charge is -2.15. The van der Waals surface area contributed by atoms with E-state index in [1.165, 1.54) is 21.3 Å². The van der Waals surface area contributed by atoms with Crippen molar-refractivity contribution in [2.24, 2.45) is 0 Å². The van der Waals surface area contributed by atoms with E-state index >= 15 is 0 Å². The van der Waals surface area contributed by atoms with Crippen LogP contribution < -0.4 is 19.5 Å². The van der Waals surface area contributed by atoms with Gasteiger partial charge in [0.2, 0.25) is 0 Å². The SMILES string of the molecule is COc1cc(NC(=O)c2cc(Br)cc(C)c2OC)c(OC)cc1Cl. The fourth-order valence-electron chi connectivity index (χ4n) is 2.32. The number of aryl methyl sites for hydroxylation is 1.